The Morgan fingerprint density at radius 1 is 1.07 bits per heavy atom. The van der Waals surface area contributed by atoms with E-state index in [1.807, 2.05) is 0 Å². The van der Waals surface area contributed by atoms with Crippen molar-refractivity contribution in [3.05, 3.63) is 0 Å². The van der Waals surface area contributed by atoms with Crippen LogP contribution < -0.4 is 0 Å². The summed E-state index contributed by atoms with van der Waals surface area (Å²) < 4.78 is 0. The minimum absolute atomic E-state index is 0.380. The lowest BCUT2D eigenvalue weighted by molar-refractivity contribution is 0.113. The summed E-state index contributed by atoms with van der Waals surface area (Å²) in [6, 6.07) is 0.876. The second-order valence-corrected chi connectivity index (χ2v) is 6.06. The Morgan fingerprint density at radius 2 is 1.73 bits per heavy atom. The van der Waals surface area contributed by atoms with Gasteiger partial charge in [-0.3, -0.25) is 0 Å². The molecule has 0 atom stereocenters. The predicted molar refractivity (Wildman–Crippen MR) is 66.3 cm³/mol. The maximum Gasteiger partial charge on any atom is 0.0433 e. The molecule has 3 heteroatoms. The summed E-state index contributed by atoms with van der Waals surface area (Å²) >= 11 is 2.11. The van der Waals surface area contributed by atoms with Crippen molar-refractivity contribution in [2.24, 2.45) is 5.92 Å². The Labute approximate surface area is 97.4 Å². The molecule has 2 saturated heterocycles. The van der Waals surface area contributed by atoms with Crippen LogP contribution in [0.5, 0.6) is 0 Å². The number of hydrogen-bond donors (Lipinski definition) is 1. The first-order valence-corrected chi connectivity index (χ1v) is 7.48. The Kier molecular flexibility index (Phi) is 4.79. The van der Waals surface area contributed by atoms with Crippen LogP contribution in [-0.2, 0) is 0 Å². The molecule has 2 heterocycles. The molecule has 0 aromatic carbocycles. The third-order valence-corrected chi connectivity index (χ3v) is 4.94. The van der Waals surface area contributed by atoms with Gasteiger partial charge in [0.2, 0.25) is 0 Å². The summed E-state index contributed by atoms with van der Waals surface area (Å²) in [6.45, 7) is 2.94. The molecule has 15 heavy (non-hydrogen) atoms. The molecule has 0 unspecified atom stereocenters. The summed E-state index contributed by atoms with van der Waals surface area (Å²) in [4.78, 5) is 2.70. The number of thioether (sulfide) groups is 1. The van der Waals surface area contributed by atoms with Gasteiger partial charge in [-0.25, -0.2) is 0 Å². The zero-order valence-corrected chi connectivity index (χ0v) is 10.3. The van der Waals surface area contributed by atoms with Gasteiger partial charge in [-0.15, -0.1) is 0 Å². The van der Waals surface area contributed by atoms with Crippen LogP contribution >= 0.6 is 11.8 Å². The highest BCUT2D eigenvalue weighted by Gasteiger charge is 2.25. The van der Waals surface area contributed by atoms with Crippen molar-refractivity contribution in [2.45, 2.75) is 38.1 Å². The van der Waals surface area contributed by atoms with E-state index < -0.39 is 0 Å². The maximum atomic E-state index is 8.92. The van der Waals surface area contributed by atoms with Crippen molar-refractivity contribution in [1.82, 2.24) is 4.90 Å². The van der Waals surface area contributed by atoms with Gasteiger partial charge in [-0.05, 0) is 62.6 Å². The van der Waals surface area contributed by atoms with Gasteiger partial charge in [0.25, 0.3) is 0 Å². The fourth-order valence-corrected chi connectivity index (χ4v) is 3.92. The molecular weight excluding hydrogens is 206 g/mol. The largest absolute Gasteiger partial charge is 0.396 e. The standard InChI is InChI=1S/C12H23NOS/c14-8-3-11-1-6-13(7-2-11)12-4-9-15-10-5-12/h11-12,14H,1-10H2. The van der Waals surface area contributed by atoms with Crippen molar-refractivity contribution < 1.29 is 5.11 Å². The molecular formula is C12H23NOS. The van der Waals surface area contributed by atoms with E-state index in [4.69, 9.17) is 5.11 Å². The molecule has 2 aliphatic heterocycles. The number of aliphatic hydroxyl groups is 1. The number of hydrogen-bond acceptors (Lipinski definition) is 3. The first-order valence-electron chi connectivity index (χ1n) is 6.33. The topological polar surface area (TPSA) is 23.5 Å². The first kappa shape index (κ1) is 11.7. The first-order chi connectivity index (χ1) is 7.40. The average molecular weight is 229 g/mol. The van der Waals surface area contributed by atoms with Crippen molar-refractivity contribution >= 4 is 11.8 Å². The highest BCUT2D eigenvalue weighted by Crippen LogP contribution is 2.27. The number of likely N-dealkylation sites (tertiary alicyclic amines) is 1. The number of piperidine rings is 1. The molecule has 2 aliphatic rings. The van der Waals surface area contributed by atoms with Gasteiger partial charge in [0, 0.05) is 12.6 Å². The fraction of sp³-hybridized carbons (Fsp3) is 1.00. The highest BCUT2D eigenvalue weighted by atomic mass is 32.2. The molecule has 0 aromatic rings. The summed E-state index contributed by atoms with van der Waals surface area (Å²) in [5, 5.41) is 8.92. The summed E-state index contributed by atoms with van der Waals surface area (Å²) in [6.07, 6.45) is 6.44. The molecule has 0 amide bonds. The van der Waals surface area contributed by atoms with Crippen molar-refractivity contribution in [3.63, 3.8) is 0 Å². The lowest BCUT2D eigenvalue weighted by atomic mass is 9.92. The zero-order valence-electron chi connectivity index (χ0n) is 9.53. The molecule has 0 saturated carbocycles. The van der Waals surface area contributed by atoms with Gasteiger partial charge in [0.05, 0.1) is 0 Å². The number of rotatable bonds is 3. The fourth-order valence-electron chi connectivity index (χ4n) is 2.84. The molecule has 88 valence electrons. The monoisotopic (exact) mass is 229 g/mol. The molecule has 0 aliphatic carbocycles. The Morgan fingerprint density at radius 3 is 2.33 bits per heavy atom. The minimum atomic E-state index is 0.380. The van der Waals surface area contributed by atoms with E-state index in [-0.39, 0.29) is 0 Å². The van der Waals surface area contributed by atoms with Crippen LogP contribution in [0.3, 0.4) is 0 Å². The van der Waals surface area contributed by atoms with Crippen LogP contribution in [0, 0.1) is 5.92 Å². The van der Waals surface area contributed by atoms with E-state index in [2.05, 4.69) is 16.7 Å². The SMILES string of the molecule is OCCC1CCN(C2CCSCC2)CC1. The van der Waals surface area contributed by atoms with Crippen LogP contribution in [0.4, 0.5) is 0 Å². The van der Waals surface area contributed by atoms with E-state index in [9.17, 15) is 0 Å². The van der Waals surface area contributed by atoms with E-state index in [0.29, 0.717) is 6.61 Å². The average Bonchev–Trinajstić information content (AvgIpc) is 2.32. The lowest BCUT2D eigenvalue weighted by Gasteiger charge is -2.39. The normalized spacial score (nSPS) is 27.0. The van der Waals surface area contributed by atoms with Gasteiger partial charge in [-0.2, -0.15) is 11.8 Å². The number of nitrogens with zero attached hydrogens (tertiary/aromatic N) is 1. The summed E-state index contributed by atoms with van der Waals surface area (Å²) in [5.41, 5.74) is 0. The van der Waals surface area contributed by atoms with E-state index in [1.54, 1.807) is 0 Å². The molecule has 0 aromatic heterocycles. The smallest absolute Gasteiger partial charge is 0.0433 e. The second-order valence-electron chi connectivity index (χ2n) is 4.84. The van der Waals surface area contributed by atoms with Crippen LogP contribution in [0.25, 0.3) is 0 Å². The molecule has 1 N–H and O–H groups in total. The summed E-state index contributed by atoms with van der Waals surface area (Å²) in [5.74, 6) is 3.52. The molecule has 0 radical (unpaired) electrons. The highest BCUT2D eigenvalue weighted by molar-refractivity contribution is 7.99. The van der Waals surface area contributed by atoms with Gasteiger partial charge < -0.3 is 10.0 Å². The Balaban J connectivity index is 1.72. The van der Waals surface area contributed by atoms with Crippen LogP contribution in [-0.4, -0.2) is 47.3 Å². The summed E-state index contributed by atoms with van der Waals surface area (Å²) in [7, 11) is 0. The Bertz CT molecular complexity index is 174. The van der Waals surface area contributed by atoms with E-state index in [1.165, 1.54) is 50.3 Å². The number of aliphatic hydroxyl groups excluding tert-OH is 1. The molecule has 0 spiro atoms. The van der Waals surface area contributed by atoms with E-state index >= 15 is 0 Å². The predicted octanol–water partition coefficient (Wildman–Crippen LogP) is 1.98. The molecule has 2 fully saturated rings. The third kappa shape index (κ3) is 3.36. The van der Waals surface area contributed by atoms with Crippen molar-refractivity contribution in [1.29, 1.82) is 0 Å². The van der Waals surface area contributed by atoms with Gasteiger partial charge in [0.1, 0.15) is 0 Å². The minimum Gasteiger partial charge on any atom is -0.396 e. The Hall–Kier alpha value is 0.270. The third-order valence-electron chi connectivity index (χ3n) is 3.89. The lowest BCUT2D eigenvalue weighted by Crippen LogP contribution is -2.43. The maximum absolute atomic E-state index is 8.92. The van der Waals surface area contributed by atoms with Crippen molar-refractivity contribution in [2.75, 3.05) is 31.2 Å². The van der Waals surface area contributed by atoms with Crippen LogP contribution in [0.15, 0.2) is 0 Å². The van der Waals surface area contributed by atoms with Gasteiger partial charge in [0.15, 0.2) is 0 Å². The molecule has 2 nitrogen and oxygen atoms in total. The van der Waals surface area contributed by atoms with Crippen LogP contribution in [0.1, 0.15) is 32.1 Å². The van der Waals surface area contributed by atoms with Gasteiger partial charge >= 0.3 is 0 Å². The van der Waals surface area contributed by atoms with Crippen LogP contribution in [0.2, 0.25) is 0 Å². The van der Waals surface area contributed by atoms with Crippen molar-refractivity contribution in [3.8, 4) is 0 Å². The van der Waals surface area contributed by atoms with E-state index in [0.717, 1.165) is 18.4 Å². The quantitative estimate of drug-likeness (QED) is 0.800. The molecule has 2 rings (SSSR count). The zero-order chi connectivity index (χ0) is 10.5. The second kappa shape index (κ2) is 6.12. The van der Waals surface area contributed by atoms with Gasteiger partial charge in [-0.1, -0.05) is 0 Å². The molecule has 0 bridgehead atoms.